The van der Waals surface area contributed by atoms with Gasteiger partial charge in [0.15, 0.2) is 0 Å². The molecule has 1 atom stereocenters. The molecule has 2 aromatic rings. The SMILES string of the molecule is Cc1ncsc1CN(C)C[C@H]1CCN(c2ccc(C#N)nc2)C1. The average Bonchev–Trinajstić information content (AvgIpc) is 3.17. The highest BCUT2D eigenvalue weighted by Gasteiger charge is 2.24. The Hall–Kier alpha value is -1.97. The molecule has 0 aliphatic carbocycles. The Labute approximate surface area is 141 Å². The number of hydrogen-bond donors (Lipinski definition) is 0. The molecule has 0 bridgehead atoms. The van der Waals surface area contributed by atoms with Crippen molar-refractivity contribution < 1.29 is 0 Å². The lowest BCUT2D eigenvalue weighted by molar-refractivity contribution is 0.281. The minimum Gasteiger partial charge on any atom is -0.370 e. The van der Waals surface area contributed by atoms with Crippen molar-refractivity contribution in [1.82, 2.24) is 14.9 Å². The summed E-state index contributed by atoms with van der Waals surface area (Å²) in [7, 11) is 2.19. The number of pyridine rings is 1. The highest BCUT2D eigenvalue weighted by Crippen LogP contribution is 2.24. The first-order valence-electron chi connectivity index (χ1n) is 7.84. The standard InChI is InChI=1S/C17H21N5S/c1-13-17(23-12-20-13)11-21(2)9-14-5-6-22(10-14)16-4-3-15(7-18)19-8-16/h3-4,8,12,14H,5-6,9-11H2,1-2H3/t14-/m1/s1. The summed E-state index contributed by atoms with van der Waals surface area (Å²) in [5, 5.41) is 8.82. The minimum atomic E-state index is 0.476. The monoisotopic (exact) mass is 327 g/mol. The van der Waals surface area contributed by atoms with Gasteiger partial charge >= 0.3 is 0 Å². The summed E-state index contributed by atoms with van der Waals surface area (Å²) in [6.45, 7) is 6.27. The fourth-order valence-electron chi connectivity index (χ4n) is 3.08. The van der Waals surface area contributed by atoms with Crippen LogP contribution in [0.15, 0.2) is 23.8 Å². The number of nitriles is 1. The van der Waals surface area contributed by atoms with E-state index in [0.29, 0.717) is 11.6 Å². The molecule has 1 aliphatic rings. The molecule has 3 heterocycles. The Balaban J connectivity index is 1.53. The molecule has 0 radical (unpaired) electrons. The zero-order valence-electron chi connectivity index (χ0n) is 13.6. The molecule has 0 saturated carbocycles. The van der Waals surface area contributed by atoms with Crippen molar-refractivity contribution in [2.45, 2.75) is 19.9 Å². The van der Waals surface area contributed by atoms with Gasteiger partial charge in [0.05, 0.1) is 23.1 Å². The van der Waals surface area contributed by atoms with Crippen molar-refractivity contribution >= 4 is 17.0 Å². The molecule has 1 fully saturated rings. The van der Waals surface area contributed by atoms with Crippen LogP contribution in [0.1, 0.15) is 22.7 Å². The lowest BCUT2D eigenvalue weighted by Crippen LogP contribution is -2.28. The lowest BCUT2D eigenvalue weighted by Gasteiger charge is -2.22. The summed E-state index contributed by atoms with van der Waals surface area (Å²) in [6.07, 6.45) is 3.01. The van der Waals surface area contributed by atoms with Gasteiger partial charge in [0.2, 0.25) is 0 Å². The van der Waals surface area contributed by atoms with Gasteiger partial charge in [-0.1, -0.05) is 0 Å². The molecule has 1 saturated heterocycles. The fraction of sp³-hybridized carbons (Fsp3) is 0.471. The second-order valence-electron chi connectivity index (χ2n) is 6.17. The molecule has 0 unspecified atom stereocenters. The molecule has 0 N–H and O–H groups in total. The van der Waals surface area contributed by atoms with Crippen LogP contribution in [-0.4, -0.2) is 41.5 Å². The highest BCUT2D eigenvalue weighted by atomic mass is 32.1. The number of rotatable bonds is 5. The van der Waals surface area contributed by atoms with Gasteiger partial charge in [-0.2, -0.15) is 5.26 Å². The smallest absolute Gasteiger partial charge is 0.140 e. The fourth-order valence-corrected chi connectivity index (χ4v) is 3.94. The zero-order valence-corrected chi connectivity index (χ0v) is 14.4. The van der Waals surface area contributed by atoms with Crippen molar-refractivity contribution in [3.63, 3.8) is 0 Å². The maximum atomic E-state index is 8.82. The van der Waals surface area contributed by atoms with Crippen molar-refractivity contribution in [2.75, 3.05) is 31.6 Å². The molecule has 1 aliphatic heterocycles. The zero-order chi connectivity index (χ0) is 16.2. The van der Waals surface area contributed by atoms with E-state index in [2.05, 4.69) is 39.8 Å². The van der Waals surface area contributed by atoms with E-state index >= 15 is 0 Å². The number of anilines is 1. The van der Waals surface area contributed by atoms with Gasteiger partial charge in [0, 0.05) is 31.1 Å². The van der Waals surface area contributed by atoms with Crippen molar-refractivity contribution in [3.8, 4) is 6.07 Å². The Morgan fingerprint density at radius 2 is 2.30 bits per heavy atom. The maximum absolute atomic E-state index is 8.82. The van der Waals surface area contributed by atoms with E-state index in [1.54, 1.807) is 17.4 Å². The minimum absolute atomic E-state index is 0.476. The van der Waals surface area contributed by atoms with E-state index in [1.165, 1.54) is 11.3 Å². The third-order valence-electron chi connectivity index (χ3n) is 4.34. The van der Waals surface area contributed by atoms with Gasteiger partial charge in [-0.25, -0.2) is 9.97 Å². The summed E-state index contributed by atoms with van der Waals surface area (Å²) >= 11 is 1.74. The van der Waals surface area contributed by atoms with E-state index in [-0.39, 0.29) is 0 Å². The number of aromatic nitrogens is 2. The third-order valence-corrected chi connectivity index (χ3v) is 5.26. The van der Waals surface area contributed by atoms with Crippen LogP contribution >= 0.6 is 11.3 Å². The van der Waals surface area contributed by atoms with E-state index in [1.807, 2.05) is 17.8 Å². The Bertz CT molecular complexity index is 688. The number of hydrogen-bond acceptors (Lipinski definition) is 6. The van der Waals surface area contributed by atoms with Crippen molar-refractivity contribution in [2.24, 2.45) is 5.92 Å². The highest BCUT2D eigenvalue weighted by molar-refractivity contribution is 7.09. The van der Waals surface area contributed by atoms with Crippen molar-refractivity contribution in [1.29, 1.82) is 5.26 Å². The average molecular weight is 327 g/mol. The summed E-state index contributed by atoms with van der Waals surface area (Å²) in [6, 6.07) is 5.86. The molecule has 6 heteroatoms. The maximum Gasteiger partial charge on any atom is 0.140 e. The third kappa shape index (κ3) is 3.87. The largest absolute Gasteiger partial charge is 0.370 e. The van der Waals surface area contributed by atoms with Gasteiger partial charge in [-0.3, -0.25) is 0 Å². The van der Waals surface area contributed by atoms with Gasteiger partial charge < -0.3 is 9.80 Å². The second-order valence-corrected chi connectivity index (χ2v) is 7.11. The molecule has 3 rings (SSSR count). The number of nitrogens with zero attached hydrogens (tertiary/aromatic N) is 5. The molecule has 2 aromatic heterocycles. The van der Waals surface area contributed by atoms with Gasteiger partial charge in [0.1, 0.15) is 11.8 Å². The molecule has 0 aromatic carbocycles. The summed E-state index contributed by atoms with van der Waals surface area (Å²) in [5.74, 6) is 0.670. The number of aryl methyl sites for hydroxylation is 1. The first-order valence-corrected chi connectivity index (χ1v) is 8.72. The van der Waals surface area contributed by atoms with Crippen LogP contribution in [0.3, 0.4) is 0 Å². The van der Waals surface area contributed by atoms with E-state index in [4.69, 9.17) is 5.26 Å². The van der Waals surface area contributed by atoms with Crippen molar-refractivity contribution in [3.05, 3.63) is 40.1 Å². The Kier molecular flexibility index (Phi) is 4.89. The normalized spacial score (nSPS) is 17.7. The topological polar surface area (TPSA) is 56.1 Å². The van der Waals surface area contributed by atoms with Crippen LogP contribution in [0.2, 0.25) is 0 Å². The van der Waals surface area contributed by atoms with Crippen LogP contribution in [0.4, 0.5) is 5.69 Å². The van der Waals surface area contributed by atoms with E-state index in [9.17, 15) is 0 Å². The predicted octanol–water partition coefficient (Wildman–Crippen LogP) is 2.68. The molecule has 0 amide bonds. The van der Waals surface area contributed by atoms with Crippen LogP contribution in [-0.2, 0) is 6.54 Å². The van der Waals surface area contributed by atoms with Crippen LogP contribution in [0, 0.1) is 24.2 Å². The quantitative estimate of drug-likeness (QED) is 0.845. The molecule has 5 nitrogen and oxygen atoms in total. The molecule has 0 spiro atoms. The van der Waals surface area contributed by atoms with Gasteiger partial charge in [-0.05, 0) is 38.4 Å². The summed E-state index contributed by atoms with van der Waals surface area (Å²) in [5.41, 5.74) is 4.67. The van der Waals surface area contributed by atoms with E-state index in [0.717, 1.165) is 37.6 Å². The first-order chi connectivity index (χ1) is 11.2. The Morgan fingerprint density at radius 1 is 1.43 bits per heavy atom. The predicted molar refractivity (Wildman–Crippen MR) is 92.5 cm³/mol. The first kappa shape index (κ1) is 15.9. The molecular formula is C17H21N5S. The van der Waals surface area contributed by atoms with Gasteiger partial charge in [-0.15, -0.1) is 11.3 Å². The van der Waals surface area contributed by atoms with Crippen LogP contribution in [0.5, 0.6) is 0 Å². The number of thiazole rings is 1. The summed E-state index contributed by atoms with van der Waals surface area (Å²) < 4.78 is 0. The molecular weight excluding hydrogens is 306 g/mol. The van der Waals surface area contributed by atoms with E-state index < -0.39 is 0 Å². The van der Waals surface area contributed by atoms with Crippen LogP contribution < -0.4 is 4.90 Å². The van der Waals surface area contributed by atoms with Crippen LogP contribution in [0.25, 0.3) is 0 Å². The summed E-state index contributed by atoms with van der Waals surface area (Å²) in [4.78, 5) is 14.6. The second kappa shape index (κ2) is 7.07. The molecule has 120 valence electrons. The Morgan fingerprint density at radius 3 is 2.96 bits per heavy atom. The lowest BCUT2D eigenvalue weighted by atomic mass is 10.1. The van der Waals surface area contributed by atoms with Gasteiger partial charge in [0.25, 0.3) is 0 Å². The molecule has 23 heavy (non-hydrogen) atoms.